The highest BCUT2D eigenvalue weighted by molar-refractivity contribution is 5.36. The Labute approximate surface area is 174 Å². The first-order valence-corrected chi connectivity index (χ1v) is 12.1. The topological polar surface area (TPSA) is 20.2 Å². The summed E-state index contributed by atoms with van der Waals surface area (Å²) >= 11 is 0. The van der Waals surface area contributed by atoms with Gasteiger partial charge in [-0.25, -0.2) is 0 Å². The van der Waals surface area contributed by atoms with Crippen molar-refractivity contribution in [1.29, 1.82) is 0 Å². The molecular formula is C27H44O. The van der Waals surface area contributed by atoms with Gasteiger partial charge in [-0.1, -0.05) is 70.8 Å². The zero-order chi connectivity index (χ0) is 20.3. The van der Waals surface area contributed by atoms with Crippen LogP contribution in [0.3, 0.4) is 0 Å². The van der Waals surface area contributed by atoms with Crippen LogP contribution in [0.15, 0.2) is 34.9 Å². The summed E-state index contributed by atoms with van der Waals surface area (Å²) in [5.41, 5.74) is 4.93. The molecule has 0 aromatic rings. The molecule has 0 aliphatic heterocycles. The summed E-state index contributed by atoms with van der Waals surface area (Å²) in [6, 6.07) is 0. The molecule has 0 spiro atoms. The Balaban J connectivity index is 1.67. The second-order valence-corrected chi connectivity index (χ2v) is 10.8. The van der Waals surface area contributed by atoms with Crippen LogP contribution in [-0.2, 0) is 0 Å². The van der Waals surface area contributed by atoms with Gasteiger partial charge in [0.05, 0.1) is 6.10 Å². The summed E-state index contributed by atoms with van der Waals surface area (Å²) in [6.45, 7) is 12.1. The summed E-state index contributed by atoms with van der Waals surface area (Å²) in [5.74, 6) is 3.32. The molecule has 1 N–H and O–H groups in total. The Bertz CT molecular complexity index is 622. The molecular weight excluding hydrogens is 340 g/mol. The number of aliphatic hydroxyl groups excluding tert-OH is 1. The van der Waals surface area contributed by atoms with Gasteiger partial charge in [0.15, 0.2) is 0 Å². The van der Waals surface area contributed by atoms with E-state index in [1.54, 1.807) is 5.57 Å². The molecule has 1 saturated carbocycles. The van der Waals surface area contributed by atoms with Gasteiger partial charge in [0.1, 0.15) is 0 Å². The van der Waals surface area contributed by atoms with E-state index < -0.39 is 0 Å². The fourth-order valence-electron chi connectivity index (χ4n) is 6.51. The molecule has 0 amide bonds. The normalized spacial score (nSPS) is 34.8. The van der Waals surface area contributed by atoms with Crippen LogP contribution >= 0.6 is 0 Å². The van der Waals surface area contributed by atoms with Crippen LogP contribution in [0.1, 0.15) is 98.8 Å². The van der Waals surface area contributed by atoms with Crippen LogP contribution in [0, 0.1) is 29.1 Å². The van der Waals surface area contributed by atoms with E-state index in [-0.39, 0.29) is 6.10 Å². The lowest BCUT2D eigenvalue weighted by molar-refractivity contribution is 0.107. The maximum absolute atomic E-state index is 10.0. The molecule has 0 aromatic heterocycles. The number of aliphatic hydroxyl groups is 1. The molecule has 0 radical (unpaired) electrons. The Morgan fingerprint density at radius 2 is 1.93 bits per heavy atom. The highest BCUT2D eigenvalue weighted by Crippen LogP contribution is 2.58. The van der Waals surface area contributed by atoms with Crippen molar-refractivity contribution in [2.75, 3.05) is 0 Å². The number of fused-ring (bicyclic) bond motifs is 1. The van der Waals surface area contributed by atoms with E-state index in [2.05, 4.69) is 52.8 Å². The number of rotatable bonds is 7. The Morgan fingerprint density at radius 3 is 2.68 bits per heavy atom. The average molecular weight is 385 g/mol. The Morgan fingerprint density at radius 1 is 1.14 bits per heavy atom. The zero-order valence-electron chi connectivity index (χ0n) is 19.1. The van der Waals surface area contributed by atoms with Crippen molar-refractivity contribution in [1.82, 2.24) is 0 Å². The SMILES string of the molecule is CC1=C(/C=C/C2=CCCC3(C)C2CCC3[C@H](C)CCCC(C)C)C[C@@H](O)CC1. The van der Waals surface area contributed by atoms with Gasteiger partial charge in [-0.05, 0) is 92.1 Å². The Hall–Kier alpha value is -0.820. The summed E-state index contributed by atoms with van der Waals surface area (Å²) in [4.78, 5) is 0. The Kier molecular flexibility index (Phi) is 7.29. The highest BCUT2D eigenvalue weighted by Gasteiger charge is 2.49. The zero-order valence-corrected chi connectivity index (χ0v) is 19.1. The van der Waals surface area contributed by atoms with Crippen molar-refractivity contribution in [3.8, 4) is 0 Å². The van der Waals surface area contributed by atoms with Crippen molar-refractivity contribution in [2.24, 2.45) is 29.1 Å². The summed E-state index contributed by atoms with van der Waals surface area (Å²) < 4.78 is 0. The fourth-order valence-corrected chi connectivity index (χ4v) is 6.51. The molecule has 0 heterocycles. The third-order valence-electron chi connectivity index (χ3n) is 8.34. The standard InChI is InChI=1S/C27H44O/c1-19(2)8-6-9-21(4)25-15-16-26-22(10-7-17-27(25,26)5)12-13-23-18-24(28)14-11-20(23)3/h10,12-13,19,21,24-26,28H,6-9,11,14-18H2,1-5H3/b13-12+/t21-,24+,25?,26?,27?/m1/s1. The maximum atomic E-state index is 10.0. The minimum atomic E-state index is -0.142. The van der Waals surface area contributed by atoms with E-state index in [0.717, 1.165) is 42.9 Å². The van der Waals surface area contributed by atoms with Crippen LogP contribution < -0.4 is 0 Å². The molecule has 158 valence electrons. The first-order chi connectivity index (χ1) is 13.3. The van der Waals surface area contributed by atoms with E-state index in [9.17, 15) is 5.11 Å². The highest BCUT2D eigenvalue weighted by atomic mass is 16.3. The molecule has 3 unspecified atom stereocenters. The summed E-state index contributed by atoms with van der Waals surface area (Å²) in [6.07, 6.45) is 19.5. The molecule has 28 heavy (non-hydrogen) atoms. The van der Waals surface area contributed by atoms with Crippen LogP contribution in [0.2, 0.25) is 0 Å². The van der Waals surface area contributed by atoms with Crippen molar-refractivity contribution in [3.05, 3.63) is 34.9 Å². The van der Waals surface area contributed by atoms with Gasteiger partial charge in [0.25, 0.3) is 0 Å². The maximum Gasteiger partial charge on any atom is 0.0583 e. The van der Waals surface area contributed by atoms with E-state index in [4.69, 9.17) is 0 Å². The average Bonchev–Trinajstić information content (AvgIpc) is 2.99. The lowest BCUT2D eigenvalue weighted by Crippen LogP contribution is -2.35. The van der Waals surface area contributed by atoms with Gasteiger partial charge in [0, 0.05) is 0 Å². The number of hydrogen-bond acceptors (Lipinski definition) is 1. The minimum Gasteiger partial charge on any atom is -0.393 e. The van der Waals surface area contributed by atoms with Crippen LogP contribution in [0.4, 0.5) is 0 Å². The molecule has 1 fully saturated rings. The smallest absolute Gasteiger partial charge is 0.0583 e. The minimum absolute atomic E-state index is 0.142. The third kappa shape index (κ3) is 4.84. The third-order valence-corrected chi connectivity index (χ3v) is 8.34. The summed E-state index contributed by atoms with van der Waals surface area (Å²) in [5, 5.41) is 10.0. The van der Waals surface area contributed by atoms with Gasteiger partial charge < -0.3 is 5.11 Å². The summed E-state index contributed by atoms with van der Waals surface area (Å²) in [7, 11) is 0. The second-order valence-electron chi connectivity index (χ2n) is 10.8. The number of hydrogen-bond donors (Lipinski definition) is 1. The van der Waals surface area contributed by atoms with Crippen molar-refractivity contribution < 1.29 is 5.11 Å². The molecule has 0 aromatic carbocycles. The second kappa shape index (κ2) is 9.33. The molecule has 0 bridgehead atoms. The monoisotopic (exact) mass is 384 g/mol. The van der Waals surface area contributed by atoms with E-state index >= 15 is 0 Å². The van der Waals surface area contributed by atoms with Crippen LogP contribution in [0.5, 0.6) is 0 Å². The van der Waals surface area contributed by atoms with Gasteiger partial charge in [-0.3, -0.25) is 0 Å². The lowest BCUT2D eigenvalue weighted by Gasteiger charge is -2.43. The number of allylic oxidation sites excluding steroid dienone is 5. The van der Waals surface area contributed by atoms with Crippen LogP contribution in [-0.4, -0.2) is 11.2 Å². The first-order valence-electron chi connectivity index (χ1n) is 12.1. The predicted molar refractivity (Wildman–Crippen MR) is 121 cm³/mol. The van der Waals surface area contributed by atoms with Crippen molar-refractivity contribution in [2.45, 2.75) is 105 Å². The predicted octanol–water partition coefficient (Wildman–Crippen LogP) is 7.62. The van der Waals surface area contributed by atoms with E-state index in [1.807, 2.05) is 0 Å². The van der Waals surface area contributed by atoms with Gasteiger partial charge in [-0.15, -0.1) is 0 Å². The quantitative estimate of drug-likeness (QED) is 0.478. The molecule has 5 atom stereocenters. The van der Waals surface area contributed by atoms with Gasteiger partial charge in [-0.2, -0.15) is 0 Å². The van der Waals surface area contributed by atoms with Gasteiger partial charge in [0.2, 0.25) is 0 Å². The molecule has 1 nitrogen and oxygen atoms in total. The molecule has 0 saturated heterocycles. The molecule has 1 heteroatoms. The largest absolute Gasteiger partial charge is 0.393 e. The van der Waals surface area contributed by atoms with Crippen molar-refractivity contribution in [3.63, 3.8) is 0 Å². The molecule has 3 aliphatic rings. The first kappa shape index (κ1) is 21.9. The molecule has 3 rings (SSSR count). The molecule has 3 aliphatic carbocycles. The van der Waals surface area contributed by atoms with E-state index in [0.29, 0.717) is 5.41 Å². The van der Waals surface area contributed by atoms with Crippen LogP contribution in [0.25, 0.3) is 0 Å². The van der Waals surface area contributed by atoms with E-state index in [1.165, 1.54) is 56.1 Å². The van der Waals surface area contributed by atoms with Crippen molar-refractivity contribution >= 4 is 0 Å². The van der Waals surface area contributed by atoms with Gasteiger partial charge >= 0.3 is 0 Å². The lowest BCUT2D eigenvalue weighted by atomic mass is 9.62. The fraction of sp³-hybridized carbons (Fsp3) is 0.778.